The van der Waals surface area contributed by atoms with Gasteiger partial charge in [0, 0.05) is 38.4 Å². The van der Waals surface area contributed by atoms with Gasteiger partial charge in [0.15, 0.2) is 0 Å². The van der Waals surface area contributed by atoms with E-state index >= 15 is 0 Å². The number of carbonyl (C=O) groups excluding carboxylic acids is 2. The van der Waals surface area contributed by atoms with E-state index in [1.807, 2.05) is 4.90 Å². The number of amides is 2. The van der Waals surface area contributed by atoms with Crippen LogP contribution in [-0.4, -0.2) is 75.5 Å². The van der Waals surface area contributed by atoms with Crippen molar-refractivity contribution in [3.8, 4) is 0 Å². The lowest BCUT2D eigenvalue weighted by Crippen LogP contribution is -2.52. The van der Waals surface area contributed by atoms with E-state index in [1.54, 1.807) is 37.3 Å². The standard InChI is InChI=1S/C18H24N4O5S/c1-2-27-17(23)15-12-19-18(24)20-16(15)13-21-8-10-22(11-9-21)28(25,26)14-6-4-3-5-7-14/h3-7H,2,8-13H2,1H3,(H2,19,20,24). The third-order valence-corrected chi connectivity index (χ3v) is 6.58. The second kappa shape index (κ2) is 8.72. The van der Waals surface area contributed by atoms with E-state index in [4.69, 9.17) is 4.74 Å². The van der Waals surface area contributed by atoms with E-state index in [-0.39, 0.29) is 24.1 Å². The molecule has 1 saturated heterocycles. The number of nitrogens with zero attached hydrogens (tertiary/aromatic N) is 2. The average Bonchev–Trinajstić information content (AvgIpc) is 2.69. The van der Waals surface area contributed by atoms with E-state index < -0.39 is 16.0 Å². The Morgan fingerprint density at radius 2 is 1.82 bits per heavy atom. The first-order chi connectivity index (χ1) is 13.4. The second-order valence-corrected chi connectivity index (χ2v) is 8.42. The summed E-state index contributed by atoms with van der Waals surface area (Å²) < 4.78 is 31.9. The fourth-order valence-corrected chi connectivity index (χ4v) is 4.62. The number of rotatable bonds is 6. The molecule has 0 spiro atoms. The monoisotopic (exact) mass is 408 g/mol. The van der Waals surface area contributed by atoms with Gasteiger partial charge in [-0.2, -0.15) is 4.31 Å². The van der Waals surface area contributed by atoms with Crippen LogP contribution in [0.5, 0.6) is 0 Å². The van der Waals surface area contributed by atoms with E-state index in [9.17, 15) is 18.0 Å². The van der Waals surface area contributed by atoms with Crippen LogP contribution in [0.25, 0.3) is 0 Å². The number of carbonyl (C=O) groups is 2. The fourth-order valence-electron chi connectivity index (χ4n) is 3.17. The van der Waals surface area contributed by atoms with Gasteiger partial charge in [0.1, 0.15) is 0 Å². The minimum absolute atomic E-state index is 0.113. The lowest BCUT2D eigenvalue weighted by Gasteiger charge is -2.35. The molecule has 28 heavy (non-hydrogen) atoms. The topological polar surface area (TPSA) is 108 Å². The first-order valence-electron chi connectivity index (χ1n) is 9.13. The van der Waals surface area contributed by atoms with E-state index in [1.165, 1.54) is 4.31 Å². The molecule has 0 aliphatic carbocycles. The van der Waals surface area contributed by atoms with Crippen molar-refractivity contribution < 1.29 is 22.7 Å². The van der Waals surface area contributed by atoms with Gasteiger partial charge in [0.2, 0.25) is 10.0 Å². The number of sulfonamides is 1. The molecule has 9 nitrogen and oxygen atoms in total. The molecule has 0 bridgehead atoms. The molecule has 0 saturated carbocycles. The van der Waals surface area contributed by atoms with Crippen LogP contribution >= 0.6 is 0 Å². The maximum absolute atomic E-state index is 12.7. The molecule has 2 amide bonds. The van der Waals surface area contributed by atoms with Crippen LogP contribution in [0.3, 0.4) is 0 Å². The maximum atomic E-state index is 12.7. The smallest absolute Gasteiger partial charge is 0.337 e. The van der Waals surface area contributed by atoms with Gasteiger partial charge >= 0.3 is 12.0 Å². The molecule has 2 N–H and O–H groups in total. The molecular weight excluding hydrogens is 384 g/mol. The minimum Gasteiger partial charge on any atom is -0.463 e. The molecule has 2 aliphatic heterocycles. The van der Waals surface area contributed by atoms with Gasteiger partial charge < -0.3 is 15.4 Å². The Morgan fingerprint density at radius 1 is 1.14 bits per heavy atom. The Hall–Kier alpha value is -2.43. The summed E-state index contributed by atoms with van der Waals surface area (Å²) in [7, 11) is -3.52. The number of nitrogens with one attached hydrogen (secondary N) is 2. The van der Waals surface area contributed by atoms with Crippen molar-refractivity contribution >= 4 is 22.0 Å². The molecule has 152 valence electrons. The molecule has 2 aliphatic rings. The van der Waals surface area contributed by atoms with Crippen molar-refractivity contribution in [2.24, 2.45) is 0 Å². The SMILES string of the molecule is CCOC(=O)C1=C(CN2CCN(S(=O)(=O)c3ccccc3)CC2)NC(=O)NC1. The molecule has 0 aromatic heterocycles. The highest BCUT2D eigenvalue weighted by Crippen LogP contribution is 2.18. The lowest BCUT2D eigenvalue weighted by atomic mass is 10.1. The van der Waals surface area contributed by atoms with Crippen LogP contribution in [-0.2, 0) is 19.6 Å². The highest BCUT2D eigenvalue weighted by Gasteiger charge is 2.30. The van der Waals surface area contributed by atoms with Crippen molar-refractivity contribution in [1.29, 1.82) is 0 Å². The summed E-state index contributed by atoms with van der Waals surface area (Å²) in [6.45, 7) is 4.10. The number of piperazine rings is 1. The third-order valence-electron chi connectivity index (χ3n) is 4.67. The van der Waals surface area contributed by atoms with Gasteiger partial charge in [-0.25, -0.2) is 18.0 Å². The predicted molar refractivity (Wildman–Crippen MR) is 102 cm³/mol. The molecular formula is C18H24N4O5S. The Balaban J connectivity index is 1.66. The van der Waals surface area contributed by atoms with Gasteiger partial charge in [-0.05, 0) is 19.1 Å². The molecule has 10 heteroatoms. The van der Waals surface area contributed by atoms with E-state index in [0.717, 1.165) is 0 Å². The molecule has 0 atom stereocenters. The molecule has 0 unspecified atom stereocenters. The lowest BCUT2D eigenvalue weighted by molar-refractivity contribution is -0.138. The maximum Gasteiger partial charge on any atom is 0.337 e. The number of ether oxygens (including phenoxy) is 1. The third kappa shape index (κ3) is 4.51. The average molecular weight is 408 g/mol. The Labute approximate surface area is 164 Å². The highest BCUT2D eigenvalue weighted by molar-refractivity contribution is 7.89. The number of hydrogen-bond donors (Lipinski definition) is 2. The molecule has 1 fully saturated rings. The molecule has 1 aromatic rings. The Morgan fingerprint density at radius 3 is 2.46 bits per heavy atom. The van der Waals surface area contributed by atoms with Crippen molar-refractivity contribution in [3.63, 3.8) is 0 Å². The van der Waals surface area contributed by atoms with Gasteiger partial charge in [-0.3, -0.25) is 4.90 Å². The first-order valence-corrected chi connectivity index (χ1v) is 10.6. The zero-order valence-electron chi connectivity index (χ0n) is 15.7. The largest absolute Gasteiger partial charge is 0.463 e. The van der Waals surface area contributed by atoms with Crippen LogP contribution in [0.4, 0.5) is 4.79 Å². The zero-order chi connectivity index (χ0) is 20.1. The number of urea groups is 1. The van der Waals surface area contributed by atoms with Crippen molar-refractivity contribution in [3.05, 3.63) is 41.6 Å². The summed E-state index contributed by atoms with van der Waals surface area (Å²) in [6, 6.07) is 7.98. The minimum atomic E-state index is -3.52. The number of hydrogen-bond acceptors (Lipinski definition) is 6. The number of esters is 1. The first kappa shape index (κ1) is 20.3. The van der Waals surface area contributed by atoms with Crippen LogP contribution < -0.4 is 10.6 Å². The van der Waals surface area contributed by atoms with Gasteiger partial charge in [-0.1, -0.05) is 18.2 Å². The fraction of sp³-hybridized carbons (Fsp3) is 0.444. The molecule has 2 heterocycles. The van der Waals surface area contributed by atoms with Crippen molar-refractivity contribution in [2.75, 3.05) is 45.9 Å². The number of benzene rings is 1. The summed E-state index contributed by atoms with van der Waals surface area (Å²) in [6.07, 6.45) is 0. The van der Waals surface area contributed by atoms with Crippen LogP contribution in [0.15, 0.2) is 46.5 Å². The van der Waals surface area contributed by atoms with Crippen LogP contribution in [0, 0.1) is 0 Å². The second-order valence-electron chi connectivity index (χ2n) is 6.48. The van der Waals surface area contributed by atoms with Gasteiger partial charge in [0.25, 0.3) is 0 Å². The summed E-state index contributed by atoms with van der Waals surface area (Å²) >= 11 is 0. The van der Waals surface area contributed by atoms with Crippen LogP contribution in [0.1, 0.15) is 6.92 Å². The van der Waals surface area contributed by atoms with Gasteiger partial charge in [0.05, 0.1) is 23.6 Å². The van der Waals surface area contributed by atoms with Crippen molar-refractivity contribution in [2.45, 2.75) is 11.8 Å². The summed E-state index contributed by atoms with van der Waals surface area (Å²) in [5.41, 5.74) is 0.891. The molecule has 1 aromatic carbocycles. The Bertz CT molecular complexity index is 861. The van der Waals surface area contributed by atoms with Crippen molar-refractivity contribution in [1.82, 2.24) is 19.8 Å². The predicted octanol–water partition coefficient (Wildman–Crippen LogP) is 0.123. The quantitative estimate of drug-likeness (QED) is 0.648. The summed E-state index contributed by atoms with van der Waals surface area (Å²) in [5, 5.41) is 5.24. The van der Waals surface area contributed by atoms with E-state index in [2.05, 4.69) is 10.6 Å². The van der Waals surface area contributed by atoms with E-state index in [0.29, 0.717) is 44.0 Å². The van der Waals surface area contributed by atoms with Crippen LogP contribution in [0.2, 0.25) is 0 Å². The normalized spacial score (nSPS) is 19.1. The summed E-state index contributed by atoms with van der Waals surface area (Å²) in [4.78, 5) is 26.1. The van der Waals surface area contributed by atoms with Gasteiger partial charge in [-0.15, -0.1) is 0 Å². The zero-order valence-corrected chi connectivity index (χ0v) is 16.5. The highest BCUT2D eigenvalue weighted by atomic mass is 32.2. The molecule has 3 rings (SSSR count). The summed E-state index contributed by atoms with van der Waals surface area (Å²) in [5.74, 6) is -0.463. The Kier molecular flexibility index (Phi) is 6.32. The molecule has 0 radical (unpaired) electrons.